The summed E-state index contributed by atoms with van der Waals surface area (Å²) in [6.07, 6.45) is -3.97. The van der Waals surface area contributed by atoms with Crippen LogP contribution in [0.1, 0.15) is 46.4 Å². The van der Waals surface area contributed by atoms with E-state index in [9.17, 15) is 18.3 Å². The molecule has 4 aromatic rings. The zero-order chi connectivity index (χ0) is 32.6. The molecular formula is C37H39NO6S. The fourth-order valence-electron chi connectivity index (χ4n) is 5.44. The summed E-state index contributed by atoms with van der Waals surface area (Å²) in [6.45, 7) is 7.26. The zero-order valence-electron chi connectivity index (χ0n) is 26.2. The van der Waals surface area contributed by atoms with Gasteiger partial charge in [-0.25, -0.2) is 13.2 Å². The van der Waals surface area contributed by atoms with Gasteiger partial charge < -0.3 is 14.6 Å². The quantitative estimate of drug-likeness (QED) is 0.165. The lowest BCUT2D eigenvalue weighted by atomic mass is 10.0. The van der Waals surface area contributed by atoms with Crippen LogP contribution >= 0.6 is 0 Å². The van der Waals surface area contributed by atoms with Gasteiger partial charge in [0, 0.05) is 19.2 Å². The predicted molar refractivity (Wildman–Crippen MR) is 175 cm³/mol. The predicted octanol–water partition coefficient (Wildman–Crippen LogP) is 5.90. The van der Waals surface area contributed by atoms with E-state index in [0.29, 0.717) is 22.3 Å². The Hall–Kier alpha value is -4.26. The highest BCUT2D eigenvalue weighted by atomic mass is 32.2. The molecule has 0 radical (unpaired) electrons. The number of aliphatic hydroxyl groups excluding tert-OH is 1. The van der Waals surface area contributed by atoms with Crippen molar-refractivity contribution < 1.29 is 27.8 Å². The molecule has 0 aromatic heterocycles. The Morgan fingerprint density at radius 1 is 0.867 bits per heavy atom. The maximum Gasteiger partial charge on any atom is 0.339 e. The Bertz CT molecular complexity index is 1730. The van der Waals surface area contributed by atoms with Crippen LogP contribution < -0.4 is 0 Å². The number of carbonyl (C=O) groups excluding carboxylic acids is 1. The number of sulfonamides is 1. The molecular weight excluding hydrogens is 586 g/mol. The third-order valence-corrected chi connectivity index (χ3v) is 9.77. The first-order valence-corrected chi connectivity index (χ1v) is 16.1. The molecule has 0 bridgehead atoms. The molecule has 0 spiro atoms. The molecule has 0 amide bonds. The lowest BCUT2D eigenvalue weighted by Gasteiger charge is -2.35. The van der Waals surface area contributed by atoms with Crippen molar-refractivity contribution in [2.45, 2.75) is 63.5 Å². The summed E-state index contributed by atoms with van der Waals surface area (Å²) in [5.74, 6) is 4.64. The minimum atomic E-state index is -4.11. The maximum absolute atomic E-state index is 14.6. The van der Waals surface area contributed by atoms with Gasteiger partial charge in [-0.1, -0.05) is 108 Å². The molecule has 8 heteroatoms. The van der Waals surface area contributed by atoms with Gasteiger partial charge in [-0.15, -0.1) is 0 Å². The molecule has 0 saturated carbocycles. The molecule has 0 aliphatic rings. The molecule has 0 unspecified atom stereocenters. The largest absolute Gasteiger partial charge is 0.454 e. The van der Waals surface area contributed by atoms with Crippen LogP contribution in [0.15, 0.2) is 108 Å². The number of methoxy groups -OCH3 is 1. The van der Waals surface area contributed by atoms with Gasteiger partial charge in [-0.3, -0.25) is 0 Å². The van der Waals surface area contributed by atoms with E-state index in [4.69, 9.17) is 9.47 Å². The second-order valence-electron chi connectivity index (χ2n) is 11.0. The van der Waals surface area contributed by atoms with E-state index in [-0.39, 0.29) is 11.4 Å². The van der Waals surface area contributed by atoms with Crippen molar-refractivity contribution in [3.8, 4) is 11.8 Å². The van der Waals surface area contributed by atoms with Crippen LogP contribution in [-0.2, 0) is 30.8 Å². The van der Waals surface area contributed by atoms with Crippen LogP contribution in [0.25, 0.3) is 0 Å². The first kappa shape index (κ1) is 33.6. The van der Waals surface area contributed by atoms with E-state index in [1.54, 1.807) is 57.2 Å². The van der Waals surface area contributed by atoms with Crippen molar-refractivity contribution in [3.63, 3.8) is 0 Å². The molecule has 234 valence electrons. The summed E-state index contributed by atoms with van der Waals surface area (Å²) >= 11 is 0. The second-order valence-corrected chi connectivity index (χ2v) is 12.8. The highest BCUT2D eigenvalue weighted by Crippen LogP contribution is 2.34. The Kier molecular flexibility index (Phi) is 11.3. The highest BCUT2D eigenvalue weighted by Gasteiger charge is 2.39. The summed E-state index contributed by atoms with van der Waals surface area (Å²) < 4.78 is 41.9. The first-order chi connectivity index (χ1) is 21.5. The van der Waals surface area contributed by atoms with Crippen molar-refractivity contribution in [1.29, 1.82) is 0 Å². The third kappa shape index (κ3) is 8.27. The number of hydrogen-bond donors (Lipinski definition) is 1. The molecule has 0 fully saturated rings. The normalized spacial score (nSPS) is 14.1. The number of hydrogen-bond acceptors (Lipinski definition) is 6. The molecule has 1 N–H and O–H groups in total. The van der Waals surface area contributed by atoms with E-state index < -0.39 is 40.3 Å². The summed E-state index contributed by atoms with van der Waals surface area (Å²) in [4.78, 5) is 13.8. The minimum absolute atomic E-state index is 0.0386. The topological polar surface area (TPSA) is 93.1 Å². The van der Waals surface area contributed by atoms with Gasteiger partial charge in [0.2, 0.25) is 10.0 Å². The van der Waals surface area contributed by atoms with Crippen LogP contribution in [0.3, 0.4) is 0 Å². The number of esters is 1. The molecule has 4 rings (SSSR count). The van der Waals surface area contributed by atoms with Crippen molar-refractivity contribution in [2.75, 3.05) is 7.11 Å². The lowest BCUT2D eigenvalue weighted by molar-refractivity contribution is -0.168. The van der Waals surface area contributed by atoms with E-state index in [2.05, 4.69) is 11.8 Å². The standard InChI is InChI=1S/C37H39NO6S/c1-26-23-27(2)36(28(3)24-26)45(41,42)38(25-31-17-11-7-12-18-31)29(4)34(32-19-13-8-14-20-32)44-37(40)35(43-5)33(39)22-21-30-15-9-6-10-16-30/h6-20,23-24,29,33-35,39H,25H2,1-5H3/t29-,33-,34-,35+/m1/s1. The third-order valence-electron chi connectivity index (χ3n) is 7.53. The fraction of sp³-hybridized carbons (Fsp3) is 0.270. The van der Waals surface area contributed by atoms with Crippen molar-refractivity contribution >= 4 is 16.0 Å². The van der Waals surface area contributed by atoms with E-state index >= 15 is 0 Å². The zero-order valence-corrected chi connectivity index (χ0v) is 27.0. The van der Waals surface area contributed by atoms with Gasteiger partial charge in [0.25, 0.3) is 0 Å². The van der Waals surface area contributed by atoms with Crippen LogP contribution in [0.2, 0.25) is 0 Å². The van der Waals surface area contributed by atoms with Gasteiger partial charge in [-0.2, -0.15) is 4.31 Å². The van der Waals surface area contributed by atoms with Gasteiger partial charge in [0.15, 0.2) is 12.2 Å². The number of rotatable bonds is 11. The Balaban J connectivity index is 1.75. The van der Waals surface area contributed by atoms with E-state index in [1.165, 1.54) is 11.4 Å². The Morgan fingerprint density at radius 2 is 1.40 bits per heavy atom. The number of benzene rings is 4. The van der Waals surface area contributed by atoms with E-state index in [1.807, 2.05) is 73.7 Å². The number of carbonyl (C=O) groups is 1. The number of aliphatic hydroxyl groups is 1. The van der Waals surface area contributed by atoms with Crippen LogP contribution in [0.5, 0.6) is 0 Å². The molecule has 0 heterocycles. The van der Waals surface area contributed by atoms with Crippen LogP contribution in [0.4, 0.5) is 0 Å². The van der Waals surface area contributed by atoms with Gasteiger partial charge in [-0.05, 0) is 62.1 Å². The Morgan fingerprint density at radius 3 is 1.96 bits per heavy atom. The molecule has 0 aliphatic carbocycles. The first-order valence-electron chi connectivity index (χ1n) is 14.7. The van der Waals surface area contributed by atoms with Gasteiger partial charge in [0.1, 0.15) is 6.10 Å². The highest BCUT2D eigenvalue weighted by molar-refractivity contribution is 7.89. The average Bonchev–Trinajstić information content (AvgIpc) is 3.02. The van der Waals surface area contributed by atoms with Crippen molar-refractivity contribution in [1.82, 2.24) is 4.31 Å². The average molecular weight is 626 g/mol. The lowest BCUT2D eigenvalue weighted by Crippen LogP contribution is -2.45. The molecule has 7 nitrogen and oxygen atoms in total. The maximum atomic E-state index is 14.6. The molecule has 0 saturated heterocycles. The summed E-state index contributed by atoms with van der Waals surface area (Å²) in [7, 11) is -2.82. The monoisotopic (exact) mass is 625 g/mol. The summed E-state index contributed by atoms with van der Waals surface area (Å²) in [6, 6.07) is 30.1. The molecule has 4 atom stereocenters. The van der Waals surface area contributed by atoms with Crippen LogP contribution in [0, 0.1) is 32.6 Å². The smallest absolute Gasteiger partial charge is 0.339 e. The Labute approximate surface area is 266 Å². The number of nitrogens with zero attached hydrogens (tertiary/aromatic N) is 1. The van der Waals surface area contributed by atoms with Gasteiger partial charge in [0.05, 0.1) is 10.9 Å². The summed E-state index contributed by atoms with van der Waals surface area (Å²) in [5, 5.41) is 10.8. The van der Waals surface area contributed by atoms with E-state index in [0.717, 1.165) is 11.1 Å². The molecule has 4 aromatic carbocycles. The van der Waals surface area contributed by atoms with Gasteiger partial charge >= 0.3 is 5.97 Å². The number of aryl methyl sites for hydroxylation is 3. The SMILES string of the molecule is CO[C@H](C(=O)O[C@@H](c1ccccc1)[C@@H](C)N(Cc1ccccc1)S(=O)(=O)c1c(C)cc(C)cc1C)[C@H](O)C#Cc1ccccc1. The summed E-state index contributed by atoms with van der Waals surface area (Å²) in [5.41, 5.74) is 4.25. The number of ether oxygens (including phenoxy) is 2. The molecule has 0 aliphatic heterocycles. The van der Waals surface area contributed by atoms with Crippen LogP contribution in [-0.4, -0.2) is 49.2 Å². The minimum Gasteiger partial charge on any atom is -0.454 e. The fourth-order valence-corrected chi connectivity index (χ4v) is 7.48. The van der Waals surface area contributed by atoms with Crippen molar-refractivity contribution in [3.05, 3.63) is 137 Å². The molecule has 45 heavy (non-hydrogen) atoms. The van der Waals surface area contributed by atoms with Crippen molar-refractivity contribution in [2.24, 2.45) is 0 Å². The second kappa shape index (κ2) is 15.2.